The number of hydrogen-bond acceptors (Lipinski definition) is 4. The molecule has 1 rings (SSSR count). The van der Waals surface area contributed by atoms with E-state index < -0.39 is 0 Å². The van der Waals surface area contributed by atoms with Gasteiger partial charge in [-0.1, -0.05) is 0 Å². The summed E-state index contributed by atoms with van der Waals surface area (Å²) < 4.78 is 0. The van der Waals surface area contributed by atoms with E-state index in [0.29, 0.717) is 6.54 Å². The first-order chi connectivity index (χ1) is 8.24. The van der Waals surface area contributed by atoms with Crippen molar-refractivity contribution in [2.24, 2.45) is 0 Å². The van der Waals surface area contributed by atoms with Crippen LogP contribution in [0.25, 0.3) is 0 Å². The summed E-state index contributed by atoms with van der Waals surface area (Å²) in [6.07, 6.45) is 2.15. The molecule has 1 saturated heterocycles. The van der Waals surface area contributed by atoms with Crippen molar-refractivity contribution in [3.05, 3.63) is 0 Å². The van der Waals surface area contributed by atoms with E-state index >= 15 is 0 Å². The van der Waals surface area contributed by atoms with Crippen molar-refractivity contribution < 1.29 is 4.79 Å². The minimum Gasteiger partial charge on any atom is -0.345 e. The van der Waals surface area contributed by atoms with E-state index in [2.05, 4.69) is 15.5 Å². The number of nitrogens with zero attached hydrogens (tertiary/aromatic N) is 2. The van der Waals surface area contributed by atoms with Crippen molar-refractivity contribution in [2.75, 3.05) is 59.9 Å². The second-order valence-corrected chi connectivity index (χ2v) is 4.65. The number of carbonyl (C=O) groups excluding carboxylic acids is 1. The zero-order valence-corrected chi connectivity index (χ0v) is 11.2. The third-order valence-corrected chi connectivity index (χ3v) is 3.14. The fraction of sp³-hybridized carbons (Fsp3) is 0.917. The first-order valence-corrected chi connectivity index (χ1v) is 6.55. The predicted molar refractivity (Wildman–Crippen MR) is 70.1 cm³/mol. The van der Waals surface area contributed by atoms with Crippen LogP contribution in [-0.2, 0) is 4.79 Å². The third-order valence-electron chi connectivity index (χ3n) is 3.14. The van der Waals surface area contributed by atoms with Gasteiger partial charge in [0.05, 0.1) is 6.54 Å². The Hall–Kier alpha value is -0.650. The molecule has 100 valence electrons. The number of amides is 1. The van der Waals surface area contributed by atoms with Crippen LogP contribution in [-0.4, -0.2) is 75.6 Å². The van der Waals surface area contributed by atoms with E-state index in [-0.39, 0.29) is 5.91 Å². The van der Waals surface area contributed by atoms with Crippen molar-refractivity contribution in [1.29, 1.82) is 0 Å². The fourth-order valence-electron chi connectivity index (χ4n) is 1.99. The molecule has 0 saturated carbocycles. The fourth-order valence-corrected chi connectivity index (χ4v) is 1.99. The van der Waals surface area contributed by atoms with E-state index in [4.69, 9.17) is 0 Å². The number of hydrogen-bond donors (Lipinski definition) is 2. The summed E-state index contributed by atoms with van der Waals surface area (Å²) in [5.74, 6) is 0.239. The summed E-state index contributed by atoms with van der Waals surface area (Å²) in [5, 5.41) is 6.44. The van der Waals surface area contributed by atoms with Crippen molar-refractivity contribution in [3.8, 4) is 0 Å². The summed E-state index contributed by atoms with van der Waals surface area (Å²) in [7, 11) is 3.83. The Bertz CT molecular complexity index is 215. The second-order valence-electron chi connectivity index (χ2n) is 4.65. The Kier molecular flexibility index (Phi) is 7.16. The van der Waals surface area contributed by atoms with Crippen LogP contribution in [0.2, 0.25) is 0 Å². The summed E-state index contributed by atoms with van der Waals surface area (Å²) >= 11 is 0. The zero-order chi connectivity index (χ0) is 12.5. The van der Waals surface area contributed by atoms with Gasteiger partial charge in [-0.15, -0.1) is 0 Å². The lowest BCUT2D eigenvalue weighted by atomic mass is 10.3. The first-order valence-electron chi connectivity index (χ1n) is 6.55. The molecule has 5 heteroatoms. The molecule has 0 atom stereocenters. The van der Waals surface area contributed by atoms with Gasteiger partial charge in [-0.25, -0.2) is 0 Å². The van der Waals surface area contributed by atoms with E-state index in [1.807, 2.05) is 19.0 Å². The highest BCUT2D eigenvalue weighted by molar-refractivity contribution is 5.77. The molecule has 1 aliphatic heterocycles. The molecule has 0 aromatic heterocycles. The maximum absolute atomic E-state index is 12.0. The van der Waals surface area contributed by atoms with Crippen molar-refractivity contribution in [3.63, 3.8) is 0 Å². The van der Waals surface area contributed by atoms with Gasteiger partial charge in [-0.05, 0) is 39.5 Å². The summed E-state index contributed by atoms with van der Waals surface area (Å²) in [6.45, 7) is 6.45. The lowest BCUT2D eigenvalue weighted by Crippen LogP contribution is -2.40. The van der Waals surface area contributed by atoms with Crippen molar-refractivity contribution >= 4 is 5.91 Å². The zero-order valence-electron chi connectivity index (χ0n) is 11.2. The van der Waals surface area contributed by atoms with Crippen molar-refractivity contribution in [1.82, 2.24) is 20.4 Å². The molecule has 2 N–H and O–H groups in total. The van der Waals surface area contributed by atoms with Gasteiger partial charge in [0.2, 0.25) is 5.91 Å². The van der Waals surface area contributed by atoms with Gasteiger partial charge in [0, 0.05) is 26.7 Å². The Morgan fingerprint density at radius 2 is 2.24 bits per heavy atom. The average Bonchev–Trinajstić information content (AvgIpc) is 2.57. The molecule has 0 radical (unpaired) electrons. The van der Waals surface area contributed by atoms with Gasteiger partial charge in [-0.3, -0.25) is 9.69 Å². The smallest absolute Gasteiger partial charge is 0.236 e. The number of rotatable bonds is 6. The molecule has 0 spiro atoms. The van der Waals surface area contributed by atoms with Gasteiger partial charge in [0.15, 0.2) is 0 Å². The molecule has 0 aromatic carbocycles. The van der Waals surface area contributed by atoms with Crippen LogP contribution in [0.15, 0.2) is 0 Å². The molecule has 1 heterocycles. The molecular formula is C12H26N4O. The third kappa shape index (κ3) is 6.00. The van der Waals surface area contributed by atoms with Gasteiger partial charge < -0.3 is 15.5 Å². The van der Waals surface area contributed by atoms with Crippen LogP contribution >= 0.6 is 0 Å². The standard InChI is InChI=1S/C12H26N4O/c1-13-5-3-8-15(2)12(17)11-16-9-4-6-14-7-10-16/h13-14H,3-11H2,1-2H3. The highest BCUT2D eigenvalue weighted by Gasteiger charge is 2.15. The van der Waals surface area contributed by atoms with E-state index in [1.54, 1.807) is 0 Å². The SMILES string of the molecule is CNCCCN(C)C(=O)CN1CCCNCC1. The number of carbonyl (C=O) groups is 1. The Morgan fingerprint density at radius 1 is 1.41 bits per heavy atom. The highest BCUT2D eigenvalue weighted by Crippen LogP contribution is 1.97. The number of nitrogens with one attached hydrogen (secondary N) is 2. The highest BCUT2D eigenvalue weighted by atomic mass is 16.2. The van der Waals surface area contributed by atoms with Crippen LogP contribution < -0.4 is 10.6 Å². The lowest BCUT2D eigenvalue weighted by molar-refractivity contribution is -0.131. The number of likely N-dealkylation sites (N-methyl/N-ethyl adjacent to an activating group) is 1. The van der Waals surface area contributed by atoms with Crippen LogP contribution in [0.4, 0.5) is 0 Å². The van der Waals surface area contributed by atoms with E-state index in [0.717, 1.165) is 52.1 Å². The van der Waals surface area contributed by atoms with Gasteiger partial charge in [-0.2, -0.15) is 0 Å². The monoisotopic (exact) mass is 242 g/mol. The van der Waals surface area contributed by atoms with Crippen LogP contribution in [0.1, 0.15) is 12.8 Å². The normalized spacial score (nSPS) is 17.8. The van der Waals surface area contributed by atoms with Crippen molar-refractivity contribution in [2.45, 2.75) is 12.8 Å². The first kappa shape index (κ1) is 14.4. The molecule has 0 aromatic rings. The van der Waals surface area contributed by atoms with Crippen LogP contribution in [0.5, 0.6) is 0 Å². The maximum Gasteiger partial charge on any atom is 0.236 e. The molecule has 0 aliphatic carbocycles. The Morgan fingerprint density at radius 3 is 3.00 bits per heavy atom. The molecule has 1 aliphatic rings. The summed E-state index contributed by atoms with van der Waals surface area (Å²) in [4.78, 5) is 16.1. The Labute approximate surface area is 105 Å². The van der Waals surface area contributed by atoms with Gasteiger partial charge in [0.25, 0.3) is 0 Å². The maximum atomic E-state index is 12.0. The molecule has 1 amide bonds. The molecule has 1 fully saturated rings. The largest absolute Gasteiger partial charge is 0.345 e. The molecule has 0 bridgehead atoms. The minimum absolute atomic E-state index is 0.239. The quantitative estimate of drug-likeness (QED) is 0.608. The topological polar surface area (TPSA) is 47.6 Å². The van der Waals surface area contributed by atoms with E-state index in [9.17, 15) is 4.79 Å². The summed E-state index contributed by atoms with van der Waals surface area (Å²) in [5.41, 5.74) is 0. The molecular weight excluding hydrogens is 216 g/mol. The summed E-state index contributed by atoms with van der Waals surface area (Å²) in [6, 6.07) is 0. The predicted octanol–water partition coefficient (Wildman–Crippen LogP) is -0.650. The Balaban J connectivity index is 2.21. The van der Waals surface area contributed by atoms with Gasteiger partial charge >= 0.3 is 0 Å². The van der Waals surface area contributed by atoms with E-state index in [1.165, 1.54) is 0 Å². The average molecular weight is 242 g/mol. The second kappa shape index (κ2) is 8.44. The molecule has 5 nitrogen and oxygen atoms in total. The van der Waals surface area contributed by atoms with Gasteiger partial charge in [0.1, 0.15) is 0 Å². The molecule has 17 heavy (non-hydrogen) atoms. The van der Waals surface area contributed by atoms with Crippen LogP contribution in [0, 0.1) is 0 Å². The molecule has 0 unspecified atom stereocenters. The minimum atomic E-state index is 0.239. The van der Waals surface area contributed by atoms with Crippen LogP contribution in [0.3, 0.4) is 0 Å². The lowest BCUT2D eigenvalue weighted by Gasteiger charge is -2.23.